The van der Waals surface area contributed by atoms with Crippen molar-refractivity contribution in [3.05, 3.63) is 58.9 Å². The average molecular weight is 235 g/mol. The summed E-state index contributed by atoms with van der Waals surface area (Å²) in [6, 6.07) is 11.1. The van der Waals surface area contributed by atoms with Gasteiger partial charge in [0.05, 0.1) is 0 Å². The molecule has 0 amide bonds. The average Bonchev–Trinajstić information content (AvgIpc) is 2.32. The second-order valence-electron chi connectivity index (χ2n) is 3.33. The maximum Gasteiger partial charge on any atom is 0.150 e. The molecule has 0 aliphatic rings. The van der Waals surface area contributed by atoms with Crippen molar-refractivity contribution in [1.29, 1.82) is 0 Å². The molecule has 1 nitrogen and oxygen atoms in total. The summed E-state index contributed by atoms with van der Waals surface area (Å²) in [7, 11) is 0. The molecule has 0 bridgehead atoms. The van der Waals surface area contributed by atoms with Crippen LogP contribution < -0.4 is 0 Å². The van der Waals surface area contributed by atoms with E-state index in [0.717, 1.165) is 0 Å². The van der Waals surface area contributed by atoms with E-state index < -0.39 is 5.82 Å². The van der Waals surface area contributed by atoms with Crippen LogP contribution in [0.3, 0.4) is 0 Å². The monoisotopic (exact) mass is 234 g/mol. The SMILES string of the molecule is O=Cc1ccccc1-c1cc(Cl)ccc1F. The first-order valence-corrected chi connectivity index (χ1v) is 5.10. The van der Waals surface area contributed by atoms with Crippen LogP contribution in [0.5, 0.6) is 0 Å². The number of halogens is 2. The van der Waals surface area contributed by atoms with Crippen molar-refractivity contribution in [1.82, 2.24) is 0 Å². The predicted molar refractivity (Wildman–Crippen MR) is 62.2 cm³/mol. The maximum absolute atomic E-state index is 13.6. The molecule has 0 atom stereocenters. The van der Waals surface area contributed by atoms with Crippen molar-refractivity contribution in [3.8, 4) is 11.1 Å². The molecule has 0 heterocycles. The smallest absolute Gasteiger partial charge is 0.150 e. The molecule has 3 heteroatoms. The summed E-state index contributed by atoms with van der Waals surface area (Å²) < 4.78 is 13.6. The summed E-state index contributed by atoms with van der Waals surface area (Å²) >= 11 is 5.81. The topological polar surface area (TPSA) is 17.1 Å². The lowest BCUT2D eigenvalue weighted by molar-refractivity contribution is 0.112. The predicted octanol–water partition coefficient (Wildman–Crippen LogP) is 3.96. The minimum Gasteiger partial charge on any atom is -0.298 e. The van der Waals surface area contributed by atoms with E-state index in [2.05, 4.69) is 0 Å². The molecule has 0 aliphatic carbocycles. The Morgan fingerprint density at radius 1 is 1.06 bits per heavy atom. The molecule has 16 heavy (non-hydrogen) atoms. The lowest BCUT2D eigenvalue weighted by atomic mass is 10.00. The third-order valence-corrected chi connectivity index (χ3v) is 2.54. The van der Waals surface area contributed by atoms with Crippen LogP contribution in [0.4, 0.5) is 4.39 Å². The molecule has 2 rings (SSSR count). The highest BCUT2D eigenvalue weighted by molar-refractivity contribution is 6.30. The van der Waals surface area contributed by atoms with Crippen LogP contribution in [0.2, 0.25) is 5.02 Å². The summed E-state index contributed by atoms with van der Waals surface area (Å²) in [5, 5.41) is 0.442. The number of aldehydes is 1. The van der Waals surface area contributed by atoms with Crippen LogP contribution in [0.1, 0.15) is 10.4 Å². The second-order valence-corrected chi connectivity index (χ2v) is 3.77. The van der Waals surface area contributed by atoms with Gasteiger partial charge in [-0.25, -0.2) is 4.39 Å². The van der Waals surface area contributed by atoms with Crippen molar-refractivity contribution >= 4 is 17.9 Å². The van der Waals surface area contributed by atoms with Gasteiger partial charge in [-0.2, -0.15) is 0 Å². The third kappa shape index (κ3) is 1.97. The van der Waals surface area contributed by atoms with Gasteiger partial charge in [0.2, 0.25) is 0 Å². The van der Waals surface area contributed by atoms with Gasteiger partial charge in [0.15, 0.2) is 6.29 Å². The Kier molecular flexibility index (Phi) is 3.02. The highest BCUT2D eigenvalue weighted by Gasteiger charge is 2.09. The molecule has 0 unspecified atom stereocenters. The maximum atomic E-state index is 13.6. The molecule has 0 N–H and O–H groups in total. The van der Waals surface area contributed by atoms with Crippen molar-refractivity contribution in [2.45, 2.75) is 0 Å². The number of rotatable bonds is 2. The van der Waals surface area contributed by atoms with Crippen LogP contribution in [0.25, 0.3) is 11.1 Å². The molecule has 80 valence electrons. The molecule has 2 aromatic rings. The molecule has 0 aromatic heterocycles. The Morgan fingerprint density at radius 3 is 2.56 bits per heavy atom. The van der Waals surface area contributed by atoms with Gasteiger partial charge < -0.3 is 0 Å². The minimum atomic E-state index is -0.390. The molecular formula is C13H8ClFO. The Balaban J connectivity index is 2.66. The number of hydrogen-bond donors (Lipinski definition) is 0. The standard InChI is InChI=1S/C13H8ClFO/c14-10-5-6-13(15)12(7-10)11-4-2-1-3-9(11)8-16/h1-8H. The normalized spacial score (nSPS) is 10.1. The van der Waals surface area contributed by atoms with E-state index in [9.17, 15) is 9.18 Å². The number of carbonyl (C=O) groups excluding carboxylic acids is 1. The first-order valence-electron chi connectivity index (χ1n) is 4.72. The van der Waals surface area contributed by atoms with E-state index in [4.69, 9.17) is 11.6 Å². The molecule has 0 fully saturated rings. The molecule has 2 aromatic carbocycles. The first-order chi connectivity index (χ1) is 7.72. The Bertz CT molecular complexity index is 537. The van der Waals surface area contributed by atoms with Crippen LogP contribution in [0.15, 0.2) is 42.5 Å². The van der Waals surface area contributed by atoms with Gasteiger partial charge in [-0.05, 0) is 23.8 Å². The zero-order valence-corrected chi connectivity index (χ0v) is 9.04. The molecule has 0 radical (unpaired) electrons. The van der Waals surface area contributed by atoms with E-state index in [1.165, 1.54) is 18.2 Å². The Hall–Kier alpha value is -1.67. The van der Waals surface area contributed by atoms with Crippen LogP contribution in [-0.2, 0) is 0 Å². The van der Waals surface area contributed by atoms with Gasteiger partial charge in [-0.3, -0.25) is 4.79 Å². The molecule has 0 saturated carbocycles. The zero-order chi connectivity index (χ0) is 11.5. The quantitative estimate of drug-likeness (QED) is 0.719. The fourth-order valence-corrected chi connectivity index (χ4v) is 1.72. The number of hydrogen-bond acceptors (Lipinski definition) is 1. The van der Waals surface area contributed by atoms with Crippen molar-refractivity contribution in [2.24, 2.45) is 0 Å². The van der Waals surface area contributed by atoms with Crippen LogP contribution in [-0.4, -0.2) is 6.29 Å². The van der Waals surface area contributed by atoms with Crippen LogP contribution in [0, 0.1) is 5.82 Å². The molecule has 0 aliphatic heterocycles. The van der Waals surface area contributed by atoms with E-state index in [-0.39, 0.29) is 0 Å². The third-order valence-electron chi connectivity index (χ3n) is 2.31. The van der Waals surface area contributed by atoms with Crippen molar-refractivity contribution in [3.63, 3.8) is 0 Å². The molecule has 0 spiro atoms. The van der Waals surface area contributed by atoms with Gasteiger partial charge in [-0.1, -0.05) is 35.9 Å². The van der Waals surface area contributed by atoms with Crippen molar-refractivity contribution < 1.29 is 9.18 Å². The van der Waals surface area contributed by atoms with E-state index >= 15 is 0 Å². The zero-order valence-electron chi connectivity index (χ0n) is 8.28. The fraction of sp³-hybridized carbons (Fsp3) is 0. The van der Waals surface area contributed by atoms with Gasteiger partial charge in [0.1, 0.15) is 5.82 Å². The largest absolute Gasteiger partial charge is 0.298 e. The summed E-state index contributed by atoms with van der Waals surface area (Å²) in [6.45, 7) is 0. The van der Waals surface area contributed by atoms with Gasteiger partial charge in [0.25, 0.3) is 0 Å². The van der Waals surface area contributed by atoms with E-state index in [1.807, 2.05) is 0 Å². The minimum absolute atomic E-state index is 0.343. The van der Waals surface area contributed by atoms with Crippen LogP contribution >= 0.6 is 11.6 Å². The van der Waals surface area contributed by atoms with Gasteiger partial charge in [-0.15, -0.1) is 0 Å². The van der Waals surface area contributed by atoms with E-state index in [0.29, 0.717) is 28.0 Å². The highest BCUT2D eigenvalue weighted by atomic mass is 35.5. The van der Waals surface area contributed by atoms with E-state index in [1.54, 1.807) is 24.3 Å². The summed E-state index contributed by atoms with van der Waals surface area (Å²) in [5.41, 5.74) is 1.34. The number of carbonyl (C=O) groups is 1. The summed E-state index contributed by atoms with van der Waals surface area (Å²) in [6.07, 6.45) is 0.704. The fourth-order valence-electron chi connectivity index (χ4n) is 1.55. The summed E-state index contributed by atoms with van der Waals surface area (Å²) in [4.78, 5) is 10.8. The molecular weight excluding hydrogens is 227 g/mol. The first kappa shape index (κ1) is 10.8. The highest BCUT2D eigenvalue weighted by Crippen LogP contribution is 2.27. The number of benzene rings is 2. The Labute approximate surface area is 97.5 Å². The lowest BCUT2D eigenvalue weighted by Crippen LogP contribution is -1.90. The second kappa shape index (κ2) is 4.45. The lowest BCUT2D eigenvalue weighted by Gasteiger charge is -2.06. The summed E-state index contributed by atoms with van der Waals surface area (Å²) in [5.74, 6) is -0.390. The van der Waals surface area contributed by atoms with Gasteiger partial charge >= 0.3 is 0 Å². The Morgan fingerprint density at radius 2 is 1.81 bits per heavy atom. The van der Waals surface area contributed by atoms with Crippen molar-refractivity contribution in [2.75, 3.05) is 0 Å². The molecule has 0 saturated heterocycles. The van der Waals surface area contributed by atoms with Gasteiger partial charge in [0, 0.05) is 16.1 Å².